The van der Waals surface area contributed by atoms with Crippen molar-refractivity contribution in [2.24, 2.45) is 0 Å². The van der Waals surface area contributed by atoms with Crippen LogP contribution in [0.3, 0.4) is 0 Å². The fraction of sp³-hybridized carbons (Fsp3) is 0.455. The summed E-state index contributed by atoms with van der Waals surface area (Å²) in [5.41, 5.74) is -0.403. The highest BCUT2D eigenvalue weighted by Crippen LogP contribution is 2.51. The lowest BCUT2D eigenvalue weighted by molar-refractivity contribution is -0.146. The number of ether oxygens (including phenoxy) is 1. The average molecular weight is 253 g/mol. The second kappa shape index (κ2) is 3.53. The Morgan fingerprint density at radius 3 is 3.06 bits per heavy atom. The van der Waals surface area contributed by atoms with E-state index in [0.29, 0.717) is 6.61 Å². The number of fused-ring (bicyclic) bond motifs is 1. The van der Waals surface area contributed by atoms with Crippen LogP contribution in [0.2, 0.25) is 0 Å². The van der Waals surface area contributed by atoms with Crippen LogP contribution in [0.1, 0.15) is 24.8 Å². The van der Waals surface area contributed by atoms with Crippen LogP contribution < -0.4 is 0 Å². The molecule has 0 aliphatic heterocycles. The molecule has 5 heteroatoms. The summed E-state index contributed by atoms with van der Waals surface area (Å²) in [6.07, 6.45) is 1.76. The minimum Gasteiger partial charge on any atom is -0.465 e. The highest BCUT2D eigenvalue weighted by molar-refractivity contribution is 7.26. The first-order valence-corrected chi connectivity index (χ1v) is 6.97. The summed E-state index contributed by atoms with van der Waals surface area (Å²) < 4.78 is 6.30. The number of rotatable bonds is 3. The number of carbonyl (C=O) groups is 1. The van der Waals surface area contributed by atoms with Crippen LogP contribution in [0.15, 0.2) is 11.4 Å². The van der Waals surface area contributed by atoms with E-state index in [2.05, 4.69) is 11.1 Å². The molecule has 2 aromatic rings. The maximum atomic E-state index is 11.9. The Morgan fingerprint density at radius 1 is 1.62 bits per heavy atom. The van der Waals surface area contributed by atoms with Crippen molar-refractivity contribution < 1.29 is 9.53 Å². The lowest BCUT2D eigenvalue weighted by Crippen LogP contribution is -2.22. The molecule has 1 fully saturated rings. The number of thiazole rings is 1. The summed E-state index contributed by atoms with van der Waals surface area (Å²) in [5, 5.41) is 2.97. The number of esters is 1. The topological polar surface area (TPSA) is 39.2 Å². The van der Waals surface area contributed by atoms with Crippen molar-refractivity contribution in [3.05, 3.63) is 16.5 Å². The van der Waals surface area contributed by atoms with Crippen molar-refractivity contribution in [2.45, 2.75) is 25.2 Å². The van der Waals surface area contributed by atoms with Crippen LogP contribution in [0.25, 0.3) is 9.53 Å². The maximum absolute atomic E-state index is 11.9. The smallest absolute Gasteiger partial charge is 0.319 e. The van der Waals surface area contributed by atoms with E-state index < -0.39 is 5.41 Å². The SMILES string of the molecule is CCOC(=O)C1(c2nc3sccc3s2)CC1. The predicted molar refractivity (Wildman–Crippen MR) is 65.0 cm³/mol. The van der Waals surface area contributed by atoms with Gasteiger partial charge in [0.2, 0.25) is 0 Å². The standard InChI is InChI=1S/C11H11NO2S2/c1-2-14-10(13)11(4-5-11)9-12-8-7(16-9)3-6-15-8/h3,6H,2,4-5H2,1H3. The van der Waals surface area contributed by atoms with Crippen molar-refractivity contribution in [1.82, 2.24) is 4.98 Å². The van der Waals surface area contributed by atoms with E-state index in [9.17, 15) is 4.79 Å². The second-order valence-electron chi connectivity index (χ2n) is 3.91. The minimum atomic E-state index is -0.403. The van der Waals surface area contributed by atoms with Gasteiger partial charge >= 0.3 is 5.97 Å². The second-order valence-corrected chi connectivity index (χ2v) is 5.84. The van der Waals surface area contributed by atoms with Crippen molar-refractivity contribution in [2.75, 3.05) is 6.61 Å². The van der Waals surface area contributed by atoms with Crippen LogP contribution >= 0.6 is 22.7 Å². The molecule has 2 aromatic heterocycles. The van der Waals surface area contributed by atoms with E-state index in [0.717, 1.165) is 22.7 Å². The van der Waals surface area contributed by atoms with E-state index in [-0.39, 0.29) is 5.97 Å². The molecule has 0 amide bonds. The average Bonchev–Trinajstić information content (AvgIpc) is 2.78. The Morgan fingerprint density at radius 2 is 2.44 bits per heavy atom. The molecule has 0 aromatic carbocycles. The first kappa shape index (κ1) is 10.2. The van der Waals surface area contributed by atoms with Gasteiger partial charge in [-0.2, -0.15) is 0 Å². The zero-order valence-electron chi connectivity index (χ0n) is 8.86. The molecular weight excluding hydrogens is 242 g/mol. The summed E-state index contributed by atoms with van der Waals surface area (Å²) in [7, 11) is 0. The summed E-state index contributed by atoms with van der Waals surface area (Å²) >= 11 is 3.25. The molecule has 84 valence electrons. The van der Waals surface area contributed by atoms with Crippen LogP contribution in [0.5, 0.6) is 0 Å². The minimum absolute atomic E-state index is 0.101. The molecule has 1 aliphatic rings. The number of aromatic nitrogens is 1. The van der Waals surface area contributed by atoms with Gasteiger partial charge in [-0.25, -0.2) is 4.98 Å². The Kier molecular flexibility index (Phi) is 2.26. The lowest BCUT2D eigenvalue weighted by Gasteiger charge is -2.09. The third kappa shape index (κ3) is 1.38. The summed E-state index contributed by atoms with van der Waals surface area (Å²) in [6, 6.07) is 2.06. The molecule has 2 heterocycles. The van der Waals surface area contributed by atoms with Gasteiger partial charge in [0, 0.05) is 0 Å². The highest BCUT2D eigenvalue weighted by atomic mass is 32.1. The largest absolute Gasteiger partial charge is 0.465 e. The number of carbonyl (C=O) groups excluding carboxylic acids is 1. The zero-order chi connectivity index (χ0) is 11.2. The normalized spacial score (nSPS) is 17.6. The number of thiophene rings is 1. The monoisotopic (exact) mass is 253 g/mol. The fourth-order valence-electron chi connectivity index (χ4n) is 1.77. The molecule has 0 N–H and O–H groups in total. The van der Waals surface area contributed by atoms with Gasteiger partial charge in [0.25, 0.3) is 0 Å². The van der Waals surface area contributed by atoms with Gasteiger partial charge in [0.05, 0.1) is 11.3 Å². The summed E-state index contributed by atoms with van der Waals surface area (Å²) in [5.74, 6) is -0.101. The molecule has 0 unspecified atom stereocenters. The molecule has 0 bridgehead atoms. The van der Waals surface area contributed by atoms with Gasteiger partial charge in [-0.05, 0) is 31.2 Å². The predicted octanol–water partition coefficient (Wildman–Crippen LogP) is 2.95. The maximum Gasteiger partial charge on any atom is 0.319 e. The summed E-state index contributed by atoms with van der Waals surface area (Å²) in [4.78, 5) is 17.5. The molecule has 1 saturated carbocycles. The molecule has 0 atom stereocenters. The third-order valence-corrected chi connectivity index (χ3v) is 5.01. The fourth-order valence-corrected chi connectivity index (χ4v) is 3.94. The van der Waals surface area contributed by atoms with Crippen LogP contribution in [-0.2, 0) is 14.9 Å². The van der Waals surface area contributed by atoms with Gasteiger partial charge in [-0.3, -0.25) is 4.79 Å². The quantitative estimate of drug-likeness (QED) is 0.789. The van der Waals surface area contributed by atoms with Gasteiger partial charge in [0.1, 0.15) is 15.3 Å². The Balaban J connectivity index is 1.97. The lowest BCUT2D eigenvalue weighted by atomic mass is 10.1. The Hall–Kier alpha value is -0.940. The summed E-state index contributed by atoms with van der Waals surface area (Å²) in [6.45, 7) is 2.29. The van der Waals surface area contributed by atoms with E-state index in [1.54, 1.807) is 22.7 Å². The molecule has 16 heavy (non-hydrogen) atoms. The van der Waals surface area contributed by atoms with E-state index in [1.165, 1.54) is 4.70 Å². The molecule has 0 radical (unpaired) electrons. The van der Waals surface area contributed by atoms with Crippen molar-refractivity contribution in [3.8, 4) is 0 Å². The van der Waals surface area contributed by atoms with Gasteiger partial charge in [0.15, 0.2) is 0 Å². The van der Waals surface area contributed by atoms with Crippen molar-refractivity contribution in [3.63, 3.8) is 0 Å². The molecular formula is C11H11NO2S2. The van der Waals surface area contributed by atoms with Gasteiger partial charge in [-0.1, -0.05) is 0 Å². The van der Waals surface area contributed by atoms with Crippen molar-refractivity contribution >= 4 is 38.2 Å². The van der Waals surface area contributed by atoms with E-state index >= 15 is 0 Å². The van der Waals surface area contributed by atoms with Crippen LogP contribution in [-0.4, -0.2) is 17.6 Å². The molecule has 3 nitrogen and oxygen atoms in total. The Labute approximate surface area is 101 Å². The Bertz CT molecular complexity index is 510. The number of hydrogen-bond acceptors (Lipinski definition) is 5. The van der Waals surface area contributed by atoms with E-state index in [1.807, 2.05) is 12.3 Å². The van der Waals surface area contributed by atoms with Crippen molar-refractivity contribution in [1.29, 1.82) is 0 Å². The first-order valence-electron chi connectivity index (χ1n) is 5.28. The first-order chi connectivity index (χ1) is 7.76. The van der Waals surface area contributed by atoms with Crippen LogP contribution in [0, 0.1) is 0 Å². The molecule has 0 spiro atoms. The van der Waals surface area contributed by atoms with Gasteiger partial charge in [-0.15, -0.1) is 22.7 Å². The third-order valence-electron chi connectivity index (χ3n) is 2.85. The van der Waals surface area contributed by atoms with E-state index in [4.69, 9.17) is 4.74 Å². The molecule has 0 saturated heterocycles. The zero-order valence-corrected chi connectivity index (χ0v) is 10.5. The molecule has 1 aliphatic carbocycles. The number of hydrogen-bond donors (Lipinski definition) is 0. The molecule has 3 rings (SSSR count). The van der Waals surface area contributed by atoms with Gasteiger partial charge < -0.3 is 4.74 Å². The van der Waals surface area contributed by atoms with Crippen LogP contribution in [0.4, 0.5) is 0 Å². The highest BCUT2D eigenvalue weighted by Gasteiger charge is 2.55. The number of nitrogens with zero attached hydrogens (tertiary/aromatic N) is 1.